The number of halogens is 1. The topological polar surface area (TPSA) is 44.8 Å². The molecule has 5 heteroatoms. The van der Waals surface area contributed by atoms with Gasteiger partial charge in [-0.1, -0.05) is 30.3 Å². The molecular weight excluding hydrogens is 372 g/mol. The van der Waals surface area contributed by atoms with Gasteiger partial charge >= 0.3 is 5.97 Å². The van der Waals surface area contributed by atoms with E-state index in [-0.39, 0.29) is 5.57 Å². The Kier molecular flexibility index (Phi) is 6.63. The van der Waals surface area contributed by atoms with E-state index in [9.17, 15) is 4.79 Å². The lowest BCUT2D eigenvalue weighted by Crippen LogP contribution is -2.05. The van der Waals surface area contributed by atoms with Gasteiger partial charge in [-0.2, -0.15) is 0 Å². The molecule has 0 fully saturated rings. The minimum atomic E-state index is -0.489. The molecule has 124 valence electrons. The van der Waals surface area contributed by atoms with Crippen molar-refractivity contribution in [3.05, 3.63) is 76.5 Å². The fourth-order valence-corrected chi connectivity index (χ4v) is 2.47. The highest BCUT2D eigenvalue weighted by atomic mass is 79.9. The van der Waals surface area contributed by atoms with Gasteiger partial charge in [0.15, 0.2) is 0 Å². The second-order valence-electron chi connectivity index (χ2n) is 4.74. The lowest BCUT2D eigenvalue weighted by Gasteiger charge is -2.07. The maximum atomic E-state index is 11.8. The van der Waals surface area contributed by atoms with Gasteiger partial charge in [0.1, 0.15) is 17.1 Å². The van der Waals surface area contributed by atoms with Crippen molar-refractivity contribution in [2.75, 3.05) is 14.2 Å². The summed E-state index contributed by atoms with van der Waals surface area (Å²) in [4.78, 5) is 11.8. The predicted molar refractivity (Wildman–Crippen MR) is 97.0 cm³/mol. The van der Waals surface area contributed by atoms with Gasteiger partial charge in [-0.25, -0.2) is 4.79 Å². The number of esters is 1. The van der Waals surface area contributed by atoms with Crippen LogP contribution in [0.5, 0.6) is 11.5 Å². The summed E-state index contributed by atoms with van der Waals surface area (Å²) in [7, 11) is 2.79. The standard InChI is InChI=1S/C19H17BrO4/c1-22-13-17(19(21)23-2)18(20)12-14-7-6-10-16(11-14)24-15-8-4-3-5-9-15/h3-13H,1-2H3/b17-13-,18-12+. The van der Waals surface area contributed by atoms with Crippen LogP contribution in [0.3, 0.4) is 0 Å². The molecule has 2 rings (SSSR count). The third kappa shape index (κ3) is 4.99. The fraction of sp³-hybridized carbons (Fsp3) is 0.105. The van der Waals surface area contributed by atoms with E-state index in [4.69, 9.17) is 14.2 Å². The molecule has 0 aliphatic carbocycles. The highest BCUT2D eigenvalue weighted by Gasteiger charge is 2.14. The van der Waals surface area contributed by atoms with Gasteiger partial charge in [0, 0.05) is 4.48 Å². The van der Waals surface area contributed by atoms with Crippen molar-refractivity contribution in [1.82, 2.24) is 0 Å². The second-order valence-corrected chi connectivity index (χ2v) is 5.59. The van der Waals surface area contributed by atoms with E-state index >= 15 is 0 Å². The number of hydrogen-bond donors (Lipinski definition) is 0. The SMILES string of the molecule is CO/C=C(C(=O)OC)/C(Br)=C\c1cccc(Oc2ccccc2)c1. The first-order chi connectivity index (χ1) is 11.6. The first-order valence-electron chi connectivity index (χ1n) is 7.16. The van der Waals surface area contributed by atoms with Crippen molar-refractivity contribution >= 4 is 28.0 Å². The van der Waals surface area contributed by atoms with Crippen LogP contribution in [-0.2, 0) is 14.3 Å². The van der Waals surface area contributed by atoms with Crippen LogP contribution in [0.2, 0.25) is 0 Å². The van der Waals surface area contributed by atoms with Gasteiger partial charge in [0.2, 0.25) is 0 Å². The molecule has 0 saturated heterocycles. The summed E-state index contributed by atoms with van der Waals surface area (Å²) in [5.74, 6) is 0.967. The number of rotatable bonds is 6. The Hall–Kier alpha value is -2.53. The second kappa shape index (κ2) is 8.93. The van der Waals surface area contributed by atoms with Gasteiger partial charge in [-0.15, -0.1) is 0 Å². The Labute approximate surface area is 149 Å². The normalized spacial score (nSPS) is 11.8. The molecule has 0 atom stereocenters. The number of methoxy groups -OCH3 is 2. The number of carbonyl (C=O) groups is 1. The Morgan fingerprint density at radius 2 is 1.71 bits per heavy atom. The highest BCUT2D eigenvalue weighted by molar-refractivity contribution is 9.12. The molecule has 0 amide bonds. The molecule has 24 heavy (non-hydrogen) atoms. The first-order valence-corrected chi connectivity index (χ1v) is 7.95. The van der Waals surface area contributed by atoms with E-state index in [0.717, 1.165) is 11.3 Å². The zero-order valence-corrected chi connectivity index (χ0v) is 14.9. The third-order valence-corrected chi connectivity index (χ3v) is 3.68. The lowest BCUT2D eigenvalue weighted by molar-refractivity contribution is -0.135. The molecule has 2 aromatic carbocycles. The molecule has 0 saturated carbocycles. The molecule has 0 aliphatic heterocycles. The van der Waals surface area contributed by atoms with Crippen LogP contribution in [0.25, 0.3) is 6.08 Å². The molecular formula is C19H17BrO4. The third-order valence-electron chi connectivity index (χ3n) is 3.03. The summed E-state index contributed by atoms with van der Waals surface area (Å²) in [5.41, 5.74) is 1.15. The highest BCUT2D eigenvalue weighted by Crippen LogP contribution is 2.26. The van der Waals surface area contributed by atoms with Crippen LogP contribution in [-0.4, -0.2) is 20.2 Å². The van der Waals surface area contributed by atoms with E-state index in [2.05, 4.69) is 15.9 Å². The van der Waals surface area contributed by atoms with Crippen LogP contribution in [0.15, 0.2) is 70.9 Å². The van der Waals surface area contributed by atoms with Crippen molar-refractivity contribution in [2.45, 2.75) is 0 Å². The summed E-state index contributed by atoms with van der Waals surface area (Å²) in [6.45, 7) is 0. The maximum Gasteiger partial charge on any atom is 0.342 e. The monoisotopic (exact) mass is 388 g/mol. The Bertz CT molecular complexity index is 751. The molecule has 0 spiro atoms. The molecule has 0 unspecified atom stereocenters. The van der Waals surface area contributed by atoms with Gasteiger partial charge < -0.3 is 14.2 Å². The molecule has 0 bridgehead atoms. The van der Waals surface area contributed by atoms with E-state index < -0.39 is 5.97 Å². The first kappa shape index (κ1) is 17.8. The summed E-state index contributed by atoms with van der Waals surface area (Å²) in [5, 5.41) is 0. The van der Waals surface area contributed by atoms with Gasteiger partial charge in [0.25, 0.3) is 0 Å². The molecule has 0 N–H and O–H groups in total. The van der Waals surface area contributed by atoms with Crippen molar-refractivity contribution in [3.8, 4) is 11.5 Å². The maximum absolute atomic E-state index is 11.8. The minimum absolute atomic E-state index is 0.286. The van der Waals surface area contributed by atoms with Crippen LogP contribution >= 0.6 is 15.9 Å². The summed E-state index contributed by atoms with van der Waals surface area (Å²) < 4.78 is 16.0. The van der Waals surface area contributed by atoms with Crippen LogP contribution in [0, 0.1) is 0 Å². The number of para-hydroxylation sites is 1. The van der Waals surface area contributed by atoms with E-state index in [1.165, 1.54) is 20.5 Å². The summed E-state index contributed by atoms with van der Waals surface area (Å²) in [6, 6.07) is 17.0. The molecule has 4 nitrogen and oxygen atoms in total. The van der Waals surface area contributed by atoms with Crippen LogP contribution in [0.1, 0.15) is 5.56 Å². The molecule has 0 radical (unpaired) electrons. The molecule has 2 aromatic rings. The summed E-state index contributed by atoms with van der Waals surface area (Å²) in [6.07, 6.45) is 3.12. The number of hydrogen-bond acceptors (Lipinski definition) is 4. The van der Waals surface area contributed by atoms with Crippen LogP contribution < -0.4 is 4.74 Å². The van der Waals surface area contributed by atoms with E-state index in [1.54, 1.807) is 6.08 Å². The smallest absolute Gasteiger partial charge is 0.342 e. The Morgan fingerprint density at radius 1 is 1.00 bits per heavy atom. The molecule has 0 aromatic heterocycles. The number of benzene rings is 2. The van der Waals surface area contributed by atoms with E-state index in [1.807, 2.05) is 54.6 Å². The lowest BCUT2D eigenvalue weighted by atomic mass is 10.1. The molecule has 0 aliphatic rings. The van der Waals surface area contributed by atoms with E-state index in [0.29, 0.717) is 10.2 Å². The van der Waals surface area contributed by atoms with Crippen molar-refractivity contribution in [1.29, 1.82) is 0 Å². The average Bonchev–Trinajstić information content (AvgIpc) is 2.60. The van der Waals surface area contributed by atoms with Gasteiger partial charge in [-0.05, 0) is 51.8 Å². The largest absolute Gasteiger partial charge is 0.503 e. The Balaban J connectivity index is 2.24. The summed E-state index contributed by atoms with van der Waals surface area (Å²) >= 11 is 3.39. The van der Waals surface area contributed by atoms with Crippen molar-refractivity contribution in [3.63, 3.8) is 0 Å². The minimum Gasteiger partial charge on any atom is -0.503 e. The van der Waals surface area contributed by atoms with Gasteiger partial charge in [-0.3, -0.25) is 0 Å². The zero-order valence-electron chi connectivity index (χ0n) is 13.4. The van der Waals surface area contributed by atoms with Crippen LogP contribution in [0.4, 0.5) is 0 Å². The Morgan fingerprint density at radius 3 is 2.38 bits per heavy atom. The average molecular weight is 389 g/mol. The van der Waals surface area contributed by atoms with Gasteiger partial charge in [0.05, 0.1) is 20.5 Å². The van der Waals surface area contributed by atoms with Crippen molar-refractivity contribution < 1.29 is 19.0 Å². The number of carbonyl (C=O) groups excluding carboxylic acids is 1. The fourth-order valence-electron chi connectivity index (χ4n) is 1.95. The predicted octanol–water partition coefficient (Wildman–Crippen LogP) is 4.92. The molecule has 0 heterocycles. The zero-order chi connectivity index (χ0) is 17.4. The quantitative estimate of drug-likeness (QED) is 0.305. The number of ether oxygens (including phenoxy) is 3. The van der Waals surface area contributed by atoms with Crippen molar-refractivity contribution in [2.24, 2.45) is 0 Å².